The van der Waals surface area contributed by atoms with E-state index < -0.39 is 0 Å². The highest BCUT2D eigenvalue weighted by molar-refractivity contribution is 5.84. The number of aromatic nitrogens is 2. The number of nitrogens with zero attached hydrogens (tertiary/aromatic N) is 2. The lowest BCUT2D eigenvalue weighted by molar-refractivity contribution is 0.120. The summed E-state index contributed by atoms with van der Waals surface area (Å²) in [6, 6.07) is 18.9. The van der Waals surface area contributed by atoms with Crippen molar-refractivity contribution in [3.8, 4) is 0 Å². The maximum atomic E-state index is 6.16. The molecule has 2 aromatic heterocycles. The van der Waals surface area contributed by atoms with Crippen LogP contribution in [0.25, 0.3) is 21.8 Å². The van der Waals surface area contributed by atoms with Crippen molar-refractivity contribution in [1.29, 1.82) is 0 Å². The lowest BCUT2D eigenvalue weighted by Gasteiger charge is -2.09. The second-order valence-electron chi connectivity index (χ2n) is 10.3. The molecule has 4 aromatic rings. The fourth-order valence-corrected chi connectivity index (χ4v) is 6.16. The molecule has 0 unspecified atom stereocenters. The molecule has 2 saturated heterocycles. The van der Waals surface area contributed by atoms with Gasteiger partial charge in [0.1, 0.15) is 0 Å². The van der Waals surface area contributed by atoms with Crippen LogP contribution in [0, 0.1) is 0 Å². The van der Waals surface area contributed by atoms with Gasteiger partial charge in [-0.3, -0.25) is 0 Å². The standard InChI is InChI=1S/C30H38N4O/c1-3-11-29-27(9-1)23(19-25-7-5-13-31-25)21-33(29)15-17-35-18-16-34-22-24(20-26-8-6-14-32-26)28-10-2-4-12-30(28)34/h1-4,9-12,21-22,25-26,31-32H,5-8,13-20H2/t25-,26-/m0/s1. The van der Waals surface area contributed by atoms with Gasteiger partial charge in [0.25, 0.3) is 0 Å². The van der Waals surface area contributed by atoms with Crippen LogP contribution in [-0.2, 0) is 30.7 Å². The highest BCUT2D eigenvalue weighted by Gasteiger charge is 2.18. The summed E-state index contributed by atoms with van der Waals surface area (Å²) < 4.78 is 10.9. The van der Waals surface area contributed by atoms with Gasteiger partial charge in [-0.2, -0.15) is 0 Å². The van der Waals surface area contributed by atoms with Gasteiger partial charge >= 0.3 is 0 Å². The van der Waals surface area contributed by atoms with Crippen molar-refractivity contribution >= 4 is 21.8 Å². The highest BCUT2D eigenvalue weighted by atomic mass is 16.5. The van der Waals surface area contributed by atoms with Gasteiger partial charge in [-0.15, -0.1) is 0 Å². The Kier molecular flexibility index (Phi) is 6.90. The molecule has 6 rings (SSSR count). The molecule has 5 nitrogen and oxygen atoms in total. The van der Waals surface area contributed by atoms with Crippen molar-refractivity contribution in [3.05, 3.63) is 72.1 Å². The second-order valence-corrected chi connectivity index (χ2v) is 10.3. The fourth-order valence-electron chi connectivity index (χ4n) is 6.16. The first-order chi connectivity index (χ1) is 17.3. The molecule has 0 radical (unpaired) electrons. The summed E-state index contributed by atoms with van der Waals surface area (Å²) in [6.45, 7) is 5.57. The zero-order valence-electron chi connectivity index (χ0n) is 20.7. The number of para-hydroxylation sites is 2. The zero-order chi connectivity index (χ0) is 23.5. The van der Waals surface area contributed by atoms with Crippen LogP contribution in [0.2, 0.25) is 0 Å². The van der Waals surface area contributed by atoms with Gasteiger partial charge < -0.3 is 24.5 Å². The lowest BCUT2D eigenvalue weighted by atomic mass is 10.0. The van der Waals surface area contributed by atoms with Crippen LogP contribution in [-0.4, -0.2) is 47.5 Å². The van der Waals surface area contributed by atoms with Crippen molar-refractivity contribution in [3.63, 3.8) is 0 Å². The Morgan fingerprint density at radius 2 is 1.17 bits per heavy atom. The number of ether oxygens (including phenoxy) is 1. The second kappa shape index (κ2) is 10.6. The molecule has 5 heteroatoms. The van der Waals surface area contributed by atoms with Crippen LogP contribution in [0.4, 0.5) is 0 Å². The molecular formula is C30H38N4O. The SMILES string of the molecule is c1ccc2c(c1)c(C[C@@H]1CCCN1)cn2CCOCCn1cc(C[C@@H]2CCCN2)c2ccccc21. The molecule has 0 saturated carbocycles. The summed E-state index contributed by atoms with van der Waals surface area (Å²) >= 11 is 0. The Labute approximate surface area is 208 Å². The number of hydrogen-bond acceptors (Lipinski definition) is 3. The van der Waals surface area contributed by atoms with Crippen LogP contribution < -0.4 is 10.6 Å². The smallest absolute Gasteiger partial charge is 0.0646 e. The van der Waals surface area contributed by atoms with E-state index in [-0.39, 0.29) is 0 Å². The first-order valence-electron chi connectivity index (χ1n) is 13.5. The maximum Gasteiger partial charge on any atom is 0.0646 e. The molecule has 184 valence electrons. The van der Waals surface area contributed by atoms with E-state index in [4.69, 9.17) is 4.74 Å². The van der Waals surface area contributed by atoms with E-state index in [9.17, 15) is 0 Å². The van der Waals surface area contributed by atoms with Gasteiger partial charge in [0.05, 0.1) is 13.2 Å². The minimum Gasteiger partial charge on any atom is -0.378 e. The van der Waals surface area contributed by atoms with Crippen LogP contribution >= 0.6 is 0 Å². The van der Waals surface area contributed by atoms with E-state index in [1.807, 2.05) is 0 Å². The number of fused-ring (bicyclic) bond motifs is 2. The first kappa shape index (κ1) is 22.8. The summed E-state index contributed by atoms with van der Waals surface area (Å²) in [6.07, 6.45) is 12.1. The third-order valence-electron chi connectivity index (χ3n) is 7.95. The van der Waals surface area contributed by atoms with Crippen LogP contribution in [0.15, 0.2) is 60.9 Å². The molecule has 2 aromatic carbocycles. The summed E-state index contributed by atoms with van der Waals surface area (Å²) in [5, 5.41) is 10.1. The van der Waals surface area contributed by atoms with Crippen molar-refractivity contribution in [2.24, 2.45) is 0 Å². The third-order valence-corrected chi connectivity index (χ3v) is 7.95. The summed E-state index contributed by atoms with van der Waals surface area (Å²) in [5.41, 5.74) is 5.57. The topological polar surface area (TPSA) is 43.1 Å². The van der Waals surface area contributed by atoms with Crippen LogP contribution in [0.5, 0.6) is 0 Å². The van der Waals surface area contributed by atoms with E-state index in [1.54, 1.807) is 0 Å². The monoisotopic (exact) mass is 470 g/mol. The van der Waals surface area contributed by atoms with Gasteiger partial charge in [-0.1, -0.05) is 36.4 Å². The van der Waals surface area contributed by atoms with Crippen LogP contribution in [0.3, 0.4) is 0 Å². The van der Waals surface area contributed by atoms with E-state index in [2.05, 4.69) is 80.7 Å². The minimum atomic E-state index is 0.622. The van der Waals surface area contributed by atoms with Crippen LogP contribution in [0.1, 0.15) is 36.8 Å². The molecule has 0 amide bonds. The molecule has 2 fully saturated rings. The molecule has 35 heavy (non-hydrogen) atoms. The first-order valence-corrected chi connectivity index (χ1v) is 13.5. The largest absolute Gasteiger partial charge is 0.378 e. The van der Waals surface area contributed by atoms with Crippen molar-refractivity contribution in [2.75, 3.05) is 26.3 Å². The quantitative estimate of drug-likeness (QED) is 0.324. The number of rotatable bonds is 10. The molecular weight excluding hydrogens is 432 g/mol. The Morgan fingerprint density at radius 1 is 0.686 bits per heavy atom. The summed E-state index contributed by atoms with van der Waals surface area (Å²) in [7, 11) is 0. The minimum absolute atomic E-state index is 0.622. The highest BCUT2D eigenvalue weighted by Crippen LogP contribution is 2.25. The number of hydrogen-bond donors (Lipinski definition) is 2. The molecule has 0 spiro atoms. The maximum absolute atomic E-state index is 6.16. The molecule has 4 heterocycles. The molecule has 0 bridgehead atoms. The fraction of sp³-hybridized carbons (Fsp3) is 0.467. The Morgan fingerprint density at radius 3 is 1.63 bits per heavy atom. The Balaban J connectivity index is 1.07. The molecule has 2 aliphatic heterocycles. The van der Waals surface area contributed by atoms with Crippen molar-refractivity contribution in [2.45, 2.75) is 63.7 Å². The average molecular weight is 471 g/mol. The normalized spacial score (nSPS) is 20.5. The Bertz CT molecular complexity index is 1160. The van der Waals surface area contributed by atoms with E-state index >= 15 is 0 Å². The predicted molar refractivity (Wildman–Crippen MR) is 144 cm³/mol. The average Bonchev–Trinajstić information content (AvgIpc) is 3.69. The number of nitrogens with one attached hydrogen (secondary N) is 2. The van der Waals surface area contributed by atoms with Crippen molar-refractivity contribution in [1.82, 2.24) is 19.8 Å². The van der Waals surface area contributed by atoms with Gasteiger partial charge in [-0.05, 0) is 74.9 Å². The lowest BCUT2D eigenvalue weighted by Crippen LogP contribution is -2.23. The zero-order valence-corrected chi connectivity index (χ0v) is 20.7. The molecule has 2 atom stereocenters. The van der Waals surface area contributed by atoms with Gasteiger partial charge in [0.2, 0.25) is 0 Å². The third kappa shape index (κ3) is 5.04. The van der Waals surface area contributed by atoms with E-state index in [1.165, 1.54) is 58.6 Å². The molecule has 2 aliphatic rings. The van der Waals surface area contributed by atoms with Gasteiger partial charge in [0.15, 0.2) is 0 Å². The van der Waals surface area contributed by atoms with Gasteiger partial charge in [-0.25, -0.2) is 0 Å². The Hall–Kier alpha value is -2.60. The van der Waals surface area contributed by atoms with E-state index in [0.29, 0.717) is 12.1 Å². The summed E-state index contributed by atoms with van der Waals surface area (Å²) in [5.74, 6) is 0. The number of benzene rings is 2. The van der Waals surface area contributed by atoms with Crippen molar-refractivity contribution < 1.29 is 4.74 Å². The predicted octanol–water partition coefficient (Wildman–Crippen LogP) is 4.90. The summed E-state index contributed by atoms with van der Waals surface area (Å²) in [4.78, 5) is 0. The van der Waals surface area contributed by atoms with Gasteiger partial charge in [0, 0.05) is 59.4 Å². The van der Waals surface area contributed by atoms with E-state index in [0.717, 1.165) is 52.2 Å². The molecule has 0 aliphatic carbocycles. The molecule has 2 N–H and O–H groups in total.